The second kappa shape index (κ2) is 6.35. The highest BCUT2D eigenvalue weighted by molar-refractivity contribution is 5.95. The molecule has 0 radical (unpaired) electrons. The Morgan fingerprint density at radius 3 is 2.67 bits per heavy atom. The third-order valence-electron chi connectivity index (χ3n) is 4.15. The summed E-state index contributed by atoms with van der Waals surface area (Å²) >= 11 is 0. The van der Waals surface area contributed by atoms with Crippen LogP contribution >= 0.6 is 0 Å². The molecule has 5 heteroatoms. The predicted molar refractivity (Wildman–Crippen MR) is 85.5 cm³/mol. The zero-order chi connectivity index (χ0) is 15.5. The van der Waals surface area contributed by atoms with Gasteiger partial charge in [0.15, 0.2) is 0 Å². The van der Waals surface area contributed by atoms with Gasteiger partial charge in [-0.05, 0) is 42.9 Å². The van der Waals surface area contributed by atoms with E-state index in [1.54, 1.807) is 32.2 Å². The van der Waals surface area contributed by atoms with E-state index in [1.165, 1.54) is 12.8 Å². The lowest BCUT2D eigenvalue weighted by Gasteiger charge is -2.18. The molecule has 3 N–H and O–H groups in total. The van der Waals surface area contributed by atoms with Gasteiger partial charge in [-0.1, -0.05) is 0 Å². The first kappa shape index (κ1) is 15.6. The lowest BCUT2D eigenvalue weighted by atomic mass is 10.0. The van der Waals surface area contributed by atoms with E-state index in [0.29, 0.717) is 16.7 Å². The van der Waals surface area contributed by atoms with Crippen LogP contribution in [-0.4, -0.2) is 45.2 Å². The number of carbonyl (C=O) groups is 1. The van der Waals surface area contributed by atoms with E-state index in [4.69, 9.17) is 10.5 Å². The van der Waals surface area contributed by atoms with Crippen molar-refractivity contribution in [3.8, 4) is 0 Å². The lowest BCUT2D eigenvalue weighted by molar-refractivity contribution is 0.0827. The standard InChI is InChI=1S/C16H25N3O2/c1-19(2)15(20)12-4-5-14(13(17)10-12)18-11-16(6-7-16)8-9-21-3/h4-5,10,18H,6-9,11,17H2,1-3H3. The van der Waals surface area contributed by atoms with Crippen molar-refractivity contribution < 1.29 is 9.53 Å². The Kier molecular flexibility index (Phi) is 4.73. The van der Waals surface area contributed by atoms with Gasteiger partial charge >= 0.3 is 0 Å². The number of carbonyl (C=O) groups excluding carboxylic acids is 1. The van der Waals surface area contributed by atoms with Crippen LogP contribution < -0.4 is 11.1 Å². The molecular weight excluding hydrogens is 266 g/mol. The molecule has 0 heterocycles. The Balaban J connectivity index is 1.97. The highest BCUT2D eigenvalue weighted by Gasteiger charge is 2.41. The van der Waals surface area contributed by atoms with Crippen molar-refractivity contribution in [3.63, 3.8) is 0 Å². The van der Waals surface area contributed by atoms with Gasteiger partial charge in [-0.25, -0.2) is 0 Å². The van der Waals surface area contributed by atoms with E-state index in [1.807, 2.05) is 12.1 Å². The van der Waals surface area contributed by atoms with E-state index in [2.05, 4.69) is 5.32 Å². The van der Waals surface area contributed by atoms with E-state index in [0.717, 1.165) is 25.3 Å². The van der Waals surface area contributed by atoms with Crippen LogP contribution in [0.4, 0.5) is 11.4 Å². The van der Waals surface area contributed by atoms with Crippen LogP contribution in [0.15, 0.2) is 18.2 Å². The first-order chi connectivity index (χ1) is 9.97. The van der Waals surface area contributed by atoms with Gasteiger partial charge in [0.05, 0.1) is 11.4 Å². The summed E-state index contributed by atoms with van der Waals surface area (Å²) in [5.41, 5.74) is 8.54. The number of anilines is 2. The van der Waals surface area contributed by atoms with E-state index < -0.39 is 0 Å². The van der Waals surface area contributed by atoms with E-state index in [-0.39, 0.29) is 5.91 Å². The number of benzene rings is 1. The number of ether oxygens (including phenoxy) is 1. The Labute approximate surface area is 126 Å². The molecule has 5 nitrogen and oxygen atoms in total. The number of rotatable bonds is 7. The number of methoxy groups -OCH3 is 1. The summed E-state index contributed by atoms with van der Waals surface area (Å²) in [7, 11) is 5.21. The zero-order valence-corrected chi connectivity index (χ0v) is 13.1. The summed E-state index contributed by atoms with van der Waals surface area (Å²) in [5, 5.41) is 3.41. The highest BCUT2D eigenvalue weighted by atomic mass is 16.5. The molecular formula is C16H25N3O2. The minimum absolute atomic E-state index is 0.0352. The number of nitrogens with two attached hydrogens (primary N) is 1. The normalized spacial score (nSPS) is 15.6. The molecule has 0 saturated heterocycles. The molecule has 1 fully saturated rings. The van der Waals surface area contributed by atoms with Crippen LogP contribution in [0.25, 0.3) is 0 Å². The lowest BCUT2D eigenvalue weighted by Crippen LogP contribution is -2.22. The van der Waals surface area contributed by atoms with Crippen molar-refractivity contribution in [1.82, 2.24) is 4.90 Å². The van der Waals surface area contributed by atoms with E-state index in [9.17, 15) is 4.79 Å². The smallest absolute Gasteiger partial charge is 0.253 e. The first-order valence-corrected chi connectivity index (χ1v) is 7.31. The molecule has 1 aliphatic rings. The fourth-order valence-corrected chi connectivity index (χ4v) is 2.41. The molecule has 0 aromatic heterocycles. The highest BCUT2D eigenvalue weighted by Crippen LogP contribution is 2.48. The van der Waals surface area contributed by atoms with Crippen LogP contribution in [0.5, 0.6) is 0 Å². The van der Waals surface area contributed by atoms with E-state index >= 15 is 0 Å². The fourth-order valence-electron chi connectivity index (χ4n) is 2.41. The third kappa shape index (κ3) is 3.88. The van der Waals surface area contributed by atoms with Crippen molar-refractivity contribution in [3.05, 3.63) is 23.8 Å². The zero-order valence-electron chi connectivity index (χ0n) is 13.1. The van der Waals surface area contributed by atoms with Crippen molar-refractivity contribution in [1.29, 1.82) is 0 Å². The predicted octanol–water partition coefficient (Wildman–Crippen LogP) is 2.20. The molecule has 1 amide bonds. The van der Waals surface area contributed by atoms with Crippen molar-refractivity contribution in [2.75, 3.05) is 45.4 Å². The summed E-state index contributed by atoms with van der Waals surface area (Å²) in [6, 6.07) is 5.44. The largest absolute Gasteiger partial charge is 0.397 e. The van der Waals surface area contributed by atoms with Crippen LogP contribution in [0.2, 0.25) is 0 Å². The number of amides is 1. The minimum atomic E-state index is -0.0352. The van der Waals surface area contributed by atoms with Crippen LogP contribution in [-0.2, 0) is 4.74 Å². The van der Waals surface area contributed by atoms with Crippen molar-refractivity contribution >= 4 is 17.3 Å². The molecule has 0 spiro atoms. The summed E-state index contributed by atoms with van der Waals surface area (Å²) in [6.45, 7) is 1.70. The van der Waals surface area contributed by atoms with Gasteiger partial charge in [0.1, 0.15) is 0 Å². The van der Waals surface area contributed by atoms with Gasteiger partial charge in [0, 0.05) is 39.9 Å². The summed E-state index contributed by atoms with van der Waals surface area (Å²) in [6.07, 6.45) is 3.55. The maximum Gasteiger partial charge on any atom is 0.253 e. The molecule has 2 rings (SSSR count). The fraction of sp³-hybridized carbons (Fsp3) is 0.562. The summed E-state index contributed by atoms with van der Waals surface area (Å²) in [4.78, 5) is 13.4. The summed E-state index contributed by atoms with van der Waals surface area (Å²) < 4.78 is 5.16. The quantitative estimate of drug-likeness (QED) is 0.756. The molecule has 0 atom stereocenters. The SMILES string of the molecule is COCCC1(CNc2ccc(C(=O)N(C)C)cc2N)CC1. The van der Waals surface area contributed by atoms with Gasteiger partial charge in [-0.3, -0.25) is 4.79 Å². The Morgan fingerprint density at radius 1 is 1.43 bits per heavy atom. The molecule has 21 heavy (non-hydrogen) atoms. The maximum absolute atomic E-state index is 11.9. The topological polar surface area (TPSA) is 67.6 Å². The summed E-state index contributed by atoms with van der Waals surface area (Å²) in [5.74, 6) is -0.0352. The molecule has 116 valence electrons. The average Bonchev–Trinajstić information content (AvgIpc) is 3.23. The molecule has 1 saturated carbocycles. The third-order valence-corrected chi connectivity index (χ3v) is 4.15. The molecule has 0 aliphatic heterocycles. The van der Waals surface area contributed by atoms with Crippen LogP contribution in [0.1, 0.15) is 29.6 Å². The van der Waals surface area contributed by atoms with Gasteiger partial charge in [0.25, 0.3) is 5.91 Å². The number of hydrogen-bond acceptors (Lipinski definition) is 4. The van der Waals surface area contributed by atoms with Crippen LogP contribution in [0.3, 0.4) is 0 Å². The second-order valence-electron chi connectivity index (χ2n) is 6.10. The number of nitrogens with zero attached hydrogens (tertiary/aromatic N) is 1. The van der Waals surface area contributed by atoms with Crippen molar-refractivity contribution in [2.45, 2.75) is 19.3 Å². The molecule has 1 aliphatic carbocycles. The average molecular weight is 291 g/mol. The van der Waals surface area contributed by atoms with Crippen LogP contribution in [0, 0.1) is 5.41 Å². The molecule has 1 aromatic rings. The van der Waals surface area contributed by atoms with Gasteiger partial charge < -0.3 is 20.7 Å². The molecule has 0 bridgehead atoms. The maximum atomic E-state index is 11.9. The monoisotopic (exact) mass is 291 g/mol. The second-order valence-corrected chi connectivity index (χ2v) is 6.10. The Morgan fingerprint density at radius 2 is 2.14 bits per heavy atom. The minimum Gasteiger partial charge on any atom is -0.397 e. The van der Waals surface area contributed by atoms with Gasteiger partial charge in [-0.2, -0.15) is 0 Å². The number of nitrogen functional groups attached to an aromatic ring is 1. The van der Waals surface area contributed by atoms with Crippen molar-refractivity contribution in [2.24, 2.45) is 5.41 Å². The Hall–Kier alpha value is -1.75. The Bertz CT molecular complexity index is 510. The molecule has 1 aromatic carbocycles. The van der Waals surface area contributed by atoms with Gasteiger partial charge in [-0.15, -0.1) is 0 Å². The number of nitrogens with one attached hydrogen (secondary N) is 1. The molecule has 0 unspecified atom stereocenters. The van der Waals surface area contributed by atoms with Gasteiger partial charge in [0.2, 0.25) is 0 Å². The first-order valence-electron chi connectivity index (χ1n) is 7.31. The number of hydrogen-bond donors (Lipinski definition) is 2.